The number of Topliss-reactive ketones (excluding diaryl/α,β-unsaturated/α-hetero) is 1. The van der Waals surface area contributed by atoms with Crippen molar-refractivity contribution >= 4 is 44.6 Å². The summed E-state index contributed by atoms with van der Waals surface area (Å²) in [6.45, 7) is 12.7. The van der Waals surface area contributed by atoms with Crippen LogP contribution in [0.1, 0.15) is 104 Å². The molecule has 316 valence electrons. The standard InChI is InChI=1S/C43H59N5O9S/c1-26(2)56-36-20-35(30-15-16-34(55-7)27(3)37(30)45-36)57-29-19-32-33(49)22-43(39(51)46-58(53,54)42(6)17-18-42)21-28(43)13-11-9-8-10-12-14-31(38(50)48(32)23-29)44-40(52)47-24-41(4,5)25-47/h11,13,15-16,20,26,28-29,31-32H,8-10,12,14,17-19,21-25H2,1-7H3,(H,44,52)(H,46,51)/b13-11-/t28-,29-,31+,32+,43-/m1/s1. The molecule has 2 N–H and O–H groups in total. The van der Waals surface area contributed by atoms with Crippen LogP contribution in [0.25, 0.3) is 10.9 Å². The van der Waals surface area contributed by atoms with Gasteiger partial charge in [0, 0.05) is 48.4 Å². The topological polar surface area (TPSA) is 174 Å². The van der Waals surface area contributed by atoms with E-state index in [0.717, 1.165) is 24.8 Å². The van der Waals surface area contributed by atoms with Crippen molar-refractivity contribution in [2.24, 2.45) is 16.7 Å². The number of aromatic nitrogens is 1. The van der Waals surface area contributed by atoms with Gasteiger partial charge in [-0.3, -0.25) is 19.1 Å². The van der Waals surface area contributed by atoms with Gasteiger partial charge >= 0.3 is 6.03 Å². The van der Waals surface area contributed by atoms with Crippen molar-refractivity contribution in [2.45, 2.75) is 135 Å². The number of urea groups is 1. The number of hydrogen-bond donors (Lipinski definition) is 2. The average Bonchev–Trinajstić information content (AvgIpc) is 4.02. The van der Waals surface area contributed by atoms with E-state index in [-0.39, 0.29) is 54.5 Å². The van der Waals surface area contributed by atoms with Crippen LogP contribution in [0, 0.1) is 23.7 Å². The van der Waals surface area contributed by atoms with Crippen LogP contribution < -0.4 is 24.2 Å². The number of methoxy groups -OCH3 is 1. The Bertz CT molecular complexity index is 2110. The summed E-state index contributed by atoms with van der Waals surface area (Å²) in [6, 6.07) is 3.22. The lowest BCUT2D eigenvalue weighted by atomic mass is 9.85. The molecule has 1 aromatic heterocycles. The number of carbonyl (C=O) groups is 4. The summed E-state index contributed by atoms with van der Waals surface area (Å²) in [5, 5.41) is 3.71. The molecule has 14 nitrogen and oxygen atoms in total. The van der Waals surface area contributed by atoms with Crippen molar-refractivity contribution in [1.82, 2.24) is 24.8 Å². The molecule has 2 aromatic rings. The molecule has 5 atom stereocenters. The summed E-state index contributed by atoms with van der Waals surface area (Å²) in [5.41, 5.74) is 0.147. The molecule has 0 bridgehead atoms. The van der Waals surface area contributed by atoms with E-state index in [9.17, 15) is 27.6 Å². The number of nitrogens with zero attached hydrogens (tertiary/aromatic N) is 3. The Morgan fingerprint density at radius 3 is 2.45 bits per heavy atom. The van der Waals surface area contributed by atoms with Gasteiger partial charge in [-0.1, -0.05) is 38.8 Å². The first-order valence-corrected chi connectivity index (χ1v) is 22.3. The van der Waals surface area contributed by atoms with Gasteiger partial charge in [-0.2, -0.15) is 0 Å². The highest BCUT2D eigenvalue weighted by Crippen LogP contribution is 2.57. The molecule has 4 heterocycles. The number of rotatable bonds is 9. The number of amides is 4. The monoisotopic (exact) mass is 821 g/mol. The molecule has 4 fully saturated rings. The number of benzene rings is 1. The fourth-order valence-corrected chi connectivity index (χ4v) is 10.1. The van der Waals surface area contributed by atoms with Crippen LogP contribution in [-0.2, 0) is 24.4 Å². The lowest BCUT2D eigenvalue weighted by molar-refractivity contribution is -0.140. The Balaban J connectivity index is 1.22. The van der Waals surface area contributed by atoms with Crippen LogP contribution in [-0.4, -0.2) is 103 Å². The second-order valence-corrected chi connectivity index (χ2v) is 20.7. The van der Waals surface area contributed by atoms with Crippen LogP contribution in [0.15, 0.2) is 30.4 Å². The third-order valence-corrected chi connectivity index (χ3v) is 14.8. The van der Waals surface area contributed by atoms with E-state index < -0.39 is 44.3 Å². The number of fused-ring (bicyclic) bond motifs is 3. The third-order valence-electron chi connectivity index (χ3n) is 12.7. The number of ketones is 1. The summed E-state index contributed by atoms with van der Waals surface area (Å²) >= 11 is 0. The zero-order valence-electron chi connectivity index (χ0n) is 34.9. The summed E-state index contributed by atoms with van der Waals surface area (Å²) in [6.07, 6.45) is 7.71. The zero-order valence-corrected chi connectivity index (χ0v) is 35.7. The van der Waals surface area contributed by atoms with E-state index in [0.29, 0.717) is 73.5 Å². The van der Waals surface area contributed by atoms with Gasteiger partial charge in [0.2, 0.25) is 27.7 Å². The van der Waals surface area contributed by atoms with Crippen molar-refractivity contribution in [3.8, 4) is 17.4 Å². The largest absolute Gasteiger partial charge is 0.496 e. The van der Waals surface area contributed by atoms with Crippen molar-refractivity contribution in [1.29, 1.82) is 0 Å². The highest BCUT2D eigenvalue weighted by Gasteiger charge is 2.62. The molecular formula is C43H59N5O9S. The van der Waals surface area contributed by atoms with Crippen LogP contribution in [0.4, 0.5) is 4.79 Å². The van der Waals surface area contributed by atoms with Crippen LogP contribution in [0.3, 0.4) is 0 Å². The van der Waals surface area contributed by atoms with E-state index in [2.05, 4.69) is 23.9 Å². The molecule has 2 aliphatic carbocycles. The second kappa shape index (κ2) is 15.6. The van der Waals surface area contributed by atoms with Gasteiger partial charge < -0.3 is 29.3 Å². The predicted octanol–water partition coefficient (Wildman–Crippen LogP) is 5.59. The van der Waals surface area contributed by atoms with E-state index in [1.807, 2.05) is 45.1 Å². The molecular weight excluding hydrogens is 763 g/mol. The summed E-state index contributed by atoms with van der Waals surface area (Å²) in [5.74, 6) is -0.273. The molecule has 3 aliphatic heterocycles. The molecule has 58 heavy (non-hydrogen) atoms. The van der Waals surface area contributed by atoms with E-state index in [4.69, 9.17) is 19.2 Å². The van der Waals surface area contributed by atoms with Crippen molar-refractivity contribution in [2.75, 3.05) is 26.7 Å². The minimum atomic E-state index is -3.95. The number of allylic oxidation sites excluding steroid dienone is 2. The minimum absolute atomic E-state index is 0.00679. The first kappa shape index (κ1) is 41.7. The quantitative estimate of drug-likeness (QED) is 0.304. The summed E-state index contributed by atoms with van der Waals surface area (Å²) in [7, 11) is -2.36. The van der Waals surface area contributed by atoms with E-state index in [1.165, 1.54) is 4.90 Å². The number of aryl methyl sites for hydroxylation is 1. The Morgan fingerprint density at radius 2 is 1.78 bits per heavy atom. The van der Waals surface area contributed by atoms with Gasteiger partial charge in [0.25, 0.3) is 0 Å². The molecule has 2 saturated heterocycles. The molecule has 1 aromatic carbocycles. The number of likely N-dealkylation sites (tertiary alicyclic amines) is 1. The Morgan fingerprint density at radius 1 is 1.03 bits per heavy atom. The van der Waals surface area contributed by atoms with Gasteiger partial charge in [0.05, 0.1) is 41.5 Å². The maximum atomic E-state index is 14.8. The van der Waals surface area contributed by atoms with Gasteiger partial charge in [0.15, 0.2) is 5.78 Å². The summed E-state index contributed by atoms with van der Waals surface area (Å²) in [4.78, 5) is 65.0. The number of sulfonamides is 1. The van der Waals surface area contributed by atoms with Gasteiger partial charge in [-0.05, 0) is 84.3 Å². The Kier molecular flexibility index (Phi) is 11.3. The lowest BCUT2D eigenvalue weighted by Crippen LogP contribution is -2.61. The molecule has 7 rings (SSSR count). The van der Waals surface area contributed by atoms with E-state index >= 15 is 0 Å². The normalized spacial score (nSPS) is 28.6. The fraction of sp³-hybridized carbons (Fsp3) is 0.651. The average molecular weight is 822 g/mol. The van der Waals surface area contributed by atoms with Crippen molar-refractivity contribution in [3.05, 3.63) is 35.9 Å². The van der Waals surface area contributed by atoms with Crippen molar-refractivity contribution in [3.63, 3.8) is 0 Å². The first-order valence-electron chi connectivity index (χ1n) is 20.8. The molecule has 5 aliphatic rings. The maximum absolute atomic E-state index is 14.8. The van der Waals surface area contributed by atoms with Crippen LogP contribution >= 0.6 is 0 Å². The number of hydrogen-bond acceptors (Lipinski definition) is 10. The predicted molar refractivity (Wildman–Crippen MR) is 218 cm³/mol. The zero-order chi connectivity index (χ0) is 41.8. The minimum Gasteiger partial charge on any atom is -0.496 e. The number of pyridine rings is 1. The Labute approximate surface area is 341 Å². The van der Waals surface area contributed by atoms with E-state index in [1.54, 1.807) is 25.0 Å². The Hall–Kier alpha value is -4.40. The molecule has 0 unspecified atom stereocenters. The highest BCUT2D eigenvalue weighted by molar-refractivity contribution is 7.91. The van der Waals surface area contributed by atoms with Crippen LogP contribution in [0.2, 0.25) is 0 Å². The summed E-state index contributed by atoms with van der Waals surface area (Å²) < 4.78 is 46.2. The third kappa shape index (κ3) is 8.37. The lowest BCUT2D eigenvalue weighted by Gasteiger charge is -2.46. The molecule has 15 heteroatoms. The molecule has 4 amide bonds. The van der Waals surface area contributed by atoms with Crippen LogP contribution in [0.5, 0.6) is 17.4 Å². The van der Waals surface area contributed by atoms with Gasteiger partial charge in [-0.15, -0.1) is 0 Å². The number of nitrogens with one attached hydrogen (secondary N) is 2. The maximum Gasteiger partial charge on any atom is 0.318 e. The SMILES string of the molecule is COc1ccc2c(O[C@@H]3C[C@H]4C(=O)C[C@]5(C(=O)NS(=O)(=O)C6(C)CC6)C[C@H]5/C=C\CCCCC[C@H](NC(=O)N5CC(C)(C)C5)C(=O)N4C3)cc(OC(C)C)nc2c1C. The van der Waals surface area contributed by atoms with Gasteiger partial charge in [-0.25, -0.2) is 18.2 Å². The molecule has 0 spiro atoms. The number of carbonyl (C=O) groups excluding carboxylic acids is 4. The van der Waals surface area contributed by atoms with Gasteiger partial charge in [0.1, 0.15) is 23.6 Å². The fourth-order valence-electron chi connectivity index (χ4n) is 8.82. The first-order chi connectivity index (χ1) is 27.3. The second-order valence-electron chi connectivity index (χ2n) is 18.5. The highest BCUT2D eigenvalue weighted by atomic mass is 32.2. The molecule has 2 saturated carbocycles. The van der Waals surface area contributed by atoms with Crippen molar-refractivity contribution < 1.29 is 41.8 Å². The number of ether oxygens (including phenoxy) is 3. The smallest absolute Gasteiger partial charge is 0.318 e. The molecule has 0 radical (unpaired) electrons.